The van der Waals surface area contributed by atoms with Crippen LogP contribution in [0.3, 0.4) is 0 Å². The number of nitrogens with zero attached hydrogens (tertiary/aromatic N) is 1. The van der Waals surface area contributed by atoms with E-state index >= 15 is 0 Å². The van der Waals surface area contributed by atoms with Crippen LogP contribution in [0, 0.1) is 5.82 Å². The minimum atomic E-state index is -1.49. The molecular formula is C24H27F2NO5. The van der Waals surface area contributed by atoms with Crippen LogP contribution in [0.25, 0.3) is 0 Å². The highest BCUT2D eigenvalue weighted by Crippen LogP contribution is 2.43. The average molecular weight is 447 g/mol. The molecule has 2 aliphatic rings. The van der Waals surface area contributed by atoms with Crippen LogP contribution < -0.4 is 9.47 Å². The number of hydrogen-bond donors (Lipinski definition) is 0. The van der Waals surface area contributed by atoms with E-state index in [9.17, 15) is 13.6 Å². The van der Waals surface area contributed by atoms with Crippen molar-refractivity contribution in [3.05, 3.63) is 59.4 Å². The van der Waals surface area contributed by atoms with Crippen LogP contribution in [0.2, 0.25) is 0 Å². The Bertz CT molecular complexity index is 975. The van der Waals surface area contributed by atoms with Gasteiger partial charge in [-0.05, 0) is 49.7 Å². The van der Waals surface area contributed by atoms with E-state index in [0.29, 0.717) is 36.6 Å². The molecule has 6 nitrogen and oxygen atoms in total. The fourth-order valence-electron chi connectivity index (χ4n) is 4.16. The number of carbonyl (C=O) groups excluding carboxylic acids is 1. The largest absolute Gasteiger partial charge is 0.493 e. The number of likely N-dealkylation sites (tertiary alicyclic amines) is 1. The maximum absolute atomic E-state index is 13.8. The second-order valence-corrected chi connectivity index (χ2v) is 8.69. The van der Waals surface area contributed by atoms with Crippen molar-refractivity contribution < 1.29 is 32.5 Å². The summed E-state index contributed by atoms with van der Waals surface area (Å²) in [7, 11) is 1.47. The molecule has 0 aromatic heterocycles. The lowest BCUT2D eigenvalue weighted by Gasteiger charge is -2.42. The first-order valence-corrected chi connectivity index (χ1v) is 10.5. The number of carbonyl (C=O) groups is 1. The zero-order valence-electron chi connectivity index (χ0n) is 18.4. The number of fused-ring (bicyclic) bond motifs is 1. The van der Waals surface area contributed by atoms with Gasteiger partial charge in [0.2, 0.25) is 0 Å². The molecule has 0 saturated carbocycles. The Labute approximate surface area is 186 Å². The number of piperidine rings is 1. The second-order valence-electron chi connectivity index (χ2n) is 8.69. The average Bonchev–Trinajstić information content (AvgIpc) is 3.21. The van der Waals surface area contributed by atoms with Crippen LogP contribution in [0.5, 0.6) is 11.5 Å². The van der Waals surface area contributed by atoms with E-state index in [1.807, 2.05) is 0 Å². The molecule has 0 N–H and O–H groups in total. The Balaban J connectivity index is 1.49. The molecule has 0 aliphatic carbocycles. The summed E-state index contributed by atoms with van der Waals surface area (Å²) < 4.78 is 49.8. The van der Waals surface area contributed by atoms with Crippen molar-refractivity contribution in [2.45, 2.75) is 37.6 Å². The molecule has 2 saturated heterocycles. The maximum Gasteiger partial charge on any atom is 0.254 e. The molecule has 0 bridgehead atoms. The summed E-state index contributed by atoms with van der Waals surface area (Å²) >= 11 is 0. The topological polar surface area (TPSA) is 57.2 Å². The van der Waals surface area contributed by atoms with Gasteiger partial charge in [-0.1, -0.05) is 12.1 Å². The number of alkyl halides is 1. The van der Waals surface area contributed by atoms with Gasteiger partial charge in [0.25, 0.3) is 5.91 Å². The predicted molar refractivity (Wildman–Crippen MR) is 113 cm³/mol. The molecule has 2 heterocycles. The lowest BCUT2D eigenvalue weighted by atomic mass is 9.82. The first kappa shape index (κ1) is 22.5. The Kier molecular flexibility index (Phi) is 6.09. The Hall–Kier alpha value is -2.71. The van der Waals surface area contributed by atoms with Gasteiger partial charge >= 0.3 is 0 Å². The SMILES string of the molecule is COc1cc(C(=O)N2CC[C@@]3(c4ccc(F)cc4)OCOC3C2)ccc1OCC(C)(C)F. The quantitative estimate of drug-likeness (QED) is 0.668. The van der Waals surface area contributed by atoms with Crippen molar-refractivity contribution >= 4 is 5.91 Å². The van der Waals surface area contributed by atoms with Crippen molar-refractivity contribution in [1.82, 2.24) is 4.90 Å². The highest BCUT2D eigenvalue weighted by molar-refractivity contribution is 5.95. The summed E-state index contributed by atoms with van der Waals surface area (Å²) in [5, 5.41) is 0. The van der Waals surface area contributed by atoms with Gasteiger partial charge in [0, 0.05) is 18.5 Å². The lowest BCUT2D eigenvalue weighted by molar-refractivity contribution is -0.0439. The molecule has 172 valence electrons. The van der Waals surface area contributed by atoms with Crippen molar-refractivity contribution in [3.63, 3.8) is 0 Å². The normalized spacial score (nSPS) is 23.0. The minimum absolute atomic E-state index is 0.120. The molecule has 2 atom stereocenters. The van der Waals surface area contributed by atoms with Gasteiger partial charge in [-0.15, -0.1) is 0 Å². The molecule has 32 heavy (non-hydrogen) atoms. The predicted octanol–water partition coefficient (Wildman–Crippen LogP) is 4.08. The van der Waals surface area contributed by atoms with Crippen LogP contribution in [0.15, 0.2) is 42.5 Å². The molecule has 0 radical (unpaired) electrons. The number of amides is 1. The summed E-state index contributed by atoms with van der Waals surface area (Å²) in [6.45, 7) is 3.63. The molecule has 8 heteroatoms. The molecule has 2 aliphatic heterocycles. The van der Waals surface area contributed by atoms with Gasteiger partial charge in [-0.3, -0.25) is 4.79 Å². The van der Waals surface area contributed by atoms with E-state index in [1.165, 1.54) is 33.1 Å². The third-order valence-corrected chi connectivity index (χ3v) is 5.85. The first-order valence-electron chi connectivity index (χ1n) is 10.5. The number of benzene rings is 2. The molecule has 4 rings (SSSR count). The monoisotopic (exact) mass is 447 g/mol. The molecule has 1 unspecified atom stereocenters. The third kappa shape index (κ3) is 4.42. The standard InChI is InChI=1S/C24H27F2NO5/c1-23(2,26)14-30-19-9-4-16(12-20(19)29-3)22(28)27-11-10-24(21(13-27)31-15-32-24)17-5-7-18(25)8-6-17/h4-9,12,21H,10-11,13-15H2,1-3H3/t21?,24-/m0/s1. The highest BCUT2D eigenvalue weighted by atomic mass is 19.1. The summed E-state index contributed by atoms with van der Waals surface area (Å²) in [6, 6.07) is 11.1. The van der Waals surface area contributed by atoms with Crippen molar-refractivity contribution in [2.24, 2.45) is 0 Å². The van der Waals surface area contributed by atoms with E-state index in [1.54, 1.807) is 35.2 Å². The first-order chi connectivity index (χ1) is 15.2. The van der Waals surface area contributed by atoms with Gasteiger partial charge in [0.15, 0.2) is 11.5 Å². The van der Waals surface area contributed by atoms with Crippen LogP contribution in [-0.4, -0.2) is 56.2 Å². The van der Waals surface area contributed by atoms with E-state index in [0.717, 1.165) is 5.56 Å². The Morgan fingerprint density at radius 2 is 1.97 bits per heavy atom. The summed E-state index contributed by atoms with van der Waals surface area (Å²) in [5.74, 6) is 0.239. The highest BCUT2D eigenvalue weighted by Gasteiger charge is 2.51. The fourth-order valence-corrected chi connectivity index (χ4v) is 4.16. The van der Waals surface area contributed by atoms with Crippen LogP contribution in [0.1, 0.15) is 36.2 Å². The number of ether oxygens (including phenoxy) is 4. The van der Waals surface area contributed by atoms with Gasteiger partial charge in [-0.2, -0.15) is 0 Å². The van der Waals surface area contributed by atoms with E-state index in [-0.39, 0.29) is 31.2 Å². The maximum atomic E-state index is 13.8. The fraction of sp³-hybridized carbons (Fsp3) is 0.458. The van der Waals surface area contributed by atoms with Crippen LogP contribution in [0.4, 0.5) is 8.78 Å². The van der Waals surface area contributed by atoms with Crippen LogP contribution >= 0.6 is 0 Å². The van der Waals surface area contributed by atoms with Crippen molar-refractivity contribution in [1.29, 1.82) is 0 Å². The molecule has 1 amide bonds. The molecule has 0 spiro atoms. The van der Waals surface area contributed by atoms with Gasteiger partial charge in [-0.25, -0.2) is 8.78 Å². The van der Waals surface area contributed by atoms with Crippen molar-refractivity contribution in [3.8, 4) is 11.5 Å². The van der Waals surface area contributed by atoms with Crippen LogP contribution in [-0.2, 0) is 15.1 Å². The van der Waals surface area contributed by atoms with E-state index < -0.39 is 11.3 Å². The van der Waals surface area contributed by atoms with Crippen molar-refractivity contribution in [2.75, 3.05) is 33.6 Å². The summed E-state index contributed by atoms with van der Waals surface area (Å²) in [6.07, 6.45) is 0.167. The number of methoxy groups -OCH3 is 1. The zero-order chi connectivity index (χ0) is 22.9. The number of halogens is 2. The molecule has 2 fully saturated rings. The second kappa shape index (κ2) is 8.67. The van der Waals surface area contributed by atoms with E-state index in [2.05, 4.69) is 0 Å². The Morgan fingerprint density at radius 3 is 2.66 bits per heavy atom. The summed E-state index contributed by atoms with van der Waals surface area (Å²) in [5.41, 5.74) is -0.915. The minimum Gasteiger partial charge on any atom is -0.493 e. The van der Waals surface area contributed by atoms with Gasteiger partial charge < -0.3 is 23.8 Å². The summed E-state index contributed by atoms with van der Waals surface area (Å²) in [4.78, 5) is 14.9. The molecular weight excluding hydrogens is 420 g/mol. The smallest absolute Gasteiger partial charge is 0.254 e. The molecule has 2 aromatic rings. The number of rotatable bonds is 6. The lowest BCUT2D eigenvalue weighted by Crippen LogP contribution is -2.53. The van der Waals surface area contributed by atoms with E-state index in [4.69, 9.17) is 18.9 Å². The van der Waals surface area contributed by atoms with Gasteiger partial charge in [0.1, 0.15) is 36.6 Å². The Morgan fingerprint density at radius 1 is 1.22 bits per heavy atom. The zero-order valence-corrected chi connectivity index (χ0v) is 18.4. The molecule has 2 aromatic carbocycles. The third-order valence-electron chi connectivity index (χ3n) is 5.85. The number of hydrogen-bond acceptors (Lipinski definition) is 5. The van der Waals surface area contributed by atoms with Gasteiger partial charge in [0.05, 0.1) is 13.7 Å².